The van der Waals surface area contributed by atoms with Gasteiger partial charge in [-0.3, -0.25) is 14.8 Å². The number of carbonyl (C=O) groups is 3. The van der Waals surface area contributed by atoms with E-state index in [1.54, 1.807) is 20.8 Å². The third kappa shape index (κ3) is 5.59. The molecule has 0 radical (unpaired) electrons. The molecule has 0 spiro atoms. The molecule has 8 heteroatoms. The summed E-state index contributed by atoms with van der Waals surface area (Å²) in [5, 5.41) is 13.2. The summed E-state index contributed by atoms with van der Waals surface area (Å²) in [6.07, 6.45) is 5.49. The Morgan fingerprint density at radius 1 is 1.19 bits per heavy atom. The van der Waals surface area contributed by atoms with Gasteiger partial charge in [0.05, 0.1) is 12.5 Å². The van der Waals surface area contributed by atoms with E-state index in [1.807, 2.05) is 0 Å². The van der Waals surface area contributed by atoms with Gasteiger partial charge in [-0.05, 0) is 39.5 Å². The van der Waals surface area contributed by atoms with Gasteiger partial charge in [0.15, 0.2) is 0 Å². The van der Waals surface area contributed by atoms with Crippen molar-refractivity contribution in [2.75, 3.05) is 13.1 Å². The second-order valence-electron chi connectivity index (χ2n) is 8.20. The second kappa shape index (κ2) is 8.70. The quantitative estimate of drug-likeness (QED) is 0.441. The molecule has 2 aliphatic rings. The largest absolute Gasteiger partial charge is 0.442 e. The van der Waals surface area contributed by atoms with E-state index in [4.69, 9.17) is 4.74 Å². The molecule has 0 aromatic rings. The van der Waals surface area contributed by atoms with Crippen LogP contribution in [0.4, 0.5) is 4.79 Å². The standard InChI is InChI=1S/C18H31N3O5/c1-18(2,3)26-17(24)20-10-6-9-19(20)16(23)12-15(21(25)13-22)11-14-7-4-5-8-14/h13-15,25H,4-12H2,1-3H3. The first-order valence-corrected chi connectivity index (χ1v) is 9.44. The molecule has 1 saturated carbocycles. The summed E-state index contributed by atoms with van der Waals surface area (Å²) in [5.41, 5.74) is -0.640. The summed E-state index contributed by atoms with van der Waals surface area (Å²) in [7, 11) is 0. The van der Waals surface area contributed by atoms with Gasteiger partial charge in [0.25, 0.3) is 0 Å². The first-order chi connectivity index (χ1) is 12.2. The van der Waals surface area contributed by atoms with Crippen molar-refractivity contribution >= 4 is 18.4 Å². The lowest BCUT2D eigenvalue weighted by Crippen LogP contribution is -2.48. The van der Waals surface area contributed by atoms with Gasteiger partial charge in [0.1, 0.15) is 5.60 Å². The van der Waals surface area contributed by atoms with Crippen molar-refractivity contribution in [2.45, 2.75) is 77.4 Å². The average Bonchev–Trinajstić information content (AvgIpc) is 3.23. The molecular formula is C18H31N3O5. The van der Waals surface area contributed by atoms with Crippen LogP contribution in [-0.4, -0.2) is 63.4 Å². The summed E-state index contributed by atoms with van der Waals surface area (Å²) in [4.78, 5) is 36.1. The van der Waals surface area contributed by atoms with E-state index in [0.717, 1.165) is 25.7 Å². The Hall–Kier alpha value is -1.83. The van der Waals surface area contributed by atoms with Crippen molar-refractivity contribution < 1.29 is 24.3 Å². The maximum atomic E-state index is 12.8. The van der Waals surface area contributed by atoms with Crippen molar-refractivity contribution in [1.82, 2.24) is 15.1 Å². The molecule has 1 unspecified atom stereocenters. The Balaban J connectivity index is 1.99. The molecule has 1 aliphatic heterocycles. The van der Waals surface area contributed by atoms with Crippen LogP contribution in [0.1, 0.15) is 65.7 Å². The van der Waals surface area contributed by atoms with Gasteiger partial charge in [-0.15, -0.1) is 0 Å². The number of nitrogens with zero attached hydrogens (tertiary/aromatic N) is 3. The van der Waals surface area contributed by atoms with Crippen LogP contribution in [0.25, 0.3) is 0 Å². The maximum Gasteiger partial charge on any atom is 0.429 e. The zero-order chi connectivity index (χ0) is 19.3. The summed E-state index contributed by atoms with van der Waals surface area (Å²) < 4.78 is 5.36. The van der Waals surface area contributed by atoms with E-state index in [1.165, 1.54) is 10.0 Å². The van der Waals surface area contributed by atoms with E-state index in [2.05, 4.69) is 0 Å². The molecular weight excluding hydrogens is 338 g/mol. The lowest BCUT2D eigenvalue weighted by atomic mass is 9.96. The van der Waals surface area contributed by atoms with Crippen molar-refractivity contribution in [1.29, 1.82) is 0 Å². The smallest absolute Gasteiger partial charge is 0.429 e. The zero-order valence-electron chi connectivity index (χ0n) is 16.0. The van der Waals surface area contributed by atoms with Gasteiger partial charge >= 0.3 is 6.09 Å². The molecule has 3 amide bonds. The predicted molar refractivity (Wildman–Crippen MR) is 93.9 cm³/mol. The number of hydrazine groups is 1. The highest BCUT2D eigenvalue weighted by Gasteiger charge is 2.35. The van der Waals surface area contributed by atoms with Gasteiger partial charge in [-0.2, -0.15) is 0 Å². The normalized spacial score (nSPS) is 19.5. The number of carbonyl (C=O) groups excluding carboxylic acids is 3. The molecule has 2 rings (SSSR count). The SMILES string of the molecule is CC(C)(C)OC(=O)N1CCCN1C(=O)CC(CC1CCCC1)N(O)C=O. The Morgan fingerprint density at radius 3 is 2.38 bits per heavy atom. The number of ether oxygens (including phenoxy) is 1. The molecule has 8 nitrogen and oxygen atoms in total. The highest BCUT2D eigenvalue weighted by Crippen LogP contribution is 2.30. The third-order valence-corrected chi connectivity index (χ3v) is 4.90. The monoisotopic (exact) mass is 369 g/mol. The lowest BCUT2D eigenvalue weighted by Gasteiger charge is -2.32. The second-order valence-corrected chi connectivity index (χ2v) is 8.20. The van der Waals surface area contributed by atoms with Crippen LogP contribution in [-0.2, 0) is 14.3 Å². The molecule has 1 atom stereocenters. The number of amides is 3. The van der Waals surface area contributed by atoms with E-state index in [-0.39, 0.29) is 12.3 Å². The molecule has 26 heavy (non-hydrogen) atoms. The van der Waals surface area contributed by atoms with Crippen LogP contribution in [0.2, 0.25) is 0 Å². The molecule has 0 aromatic carbocycles. The third-order valence-electron chi connectivity index (χ3n) is 4.90. The minimum absolute atomic E-state index is 0.00889. The summed E-state index contributed by atoms with van der Waals surface area (Å²) in [5.74, 6) is 0.139. The summed E-state index contributed by atoms with van der Waals surface area (Å²) in [6.45, 7) is 6.18. The van der Waals surface area contributed by atoms with Gasteiger partial charge in [0, 0.05) is 13.1 Å². The zero-order valence-corrected chi connectivity index (χ0v) is 16.0. The molecule has 1 N–H and O–H groups in total. The minimum Gasteiger partial charge on any atom is -0.442 e. The molecule has 0 aromatic heterocycles. The highest BCUT2D eigenvalue weighted by molar-refractivity contribution is 5.80. The van der Waals surface area contributed by atoms with Crippen LogP contribution >= 0.6 is 0 Å². The number of rotatable bonds is 6. The number of hydroxylamine groups is 2. The fourth-order valence-electron chi connectivity index (χ4n) is 3.68. The minimum atomic E-state index is -0.640. The number of hydrogen-bond acceptors (Lipinski definition) is 5. The summed E-state index contributed by atoms with van der Waals surface area (Å²) in [6, 6.07) is -0.566. The van der Waals surface area contributed by atoms with Crippen molar-refractivity contribution in [2.24, 2.45) is 5.92 Å². The predicted octanol–water partition coefficient (Wildman–Crippen LogP) is 2.56. The number of hydrogen-bond donors (Lipinski definition) is 1. The molecule has 1 aliphatic carbocycles. The van der Waals surface area contributed by atoms with Crippen molar-refractivity contribution in [3.05, 3.63) is 0 Å². The Bertz CT molecular complexity index is 513. The lowest BCUT2D eigenvalue weighted by molar-refractivity contribution is -0.167. The van der Waals surface area contributed by atoms with Gasteiger partial charge < -0.3 is 4.74 Å². The fourth-order valence-corrected chi connectivity index (χ4v) is 3.68. The van der Waals surface area contributed by atoms with E-state index >= 15 is 0 Å². The van der Waals surface area contributed by atoms with Crippen molar-refractivity contribution in [3.8, 4) is 0 Å². The van der Waals surface area contributed by atoms with Gasteiger partial charge in [-0.25, -0.2) is 19.9 Å². The highest BCUT2D eigenvalue weighted by atomic mass is 16.6. The Kier molecular flexibility index (Phi) is 6.86. The van der Waals surface area contributed by atoms with E-state index in [0.29, 0.717) is 43.3 Å². The van der Waals surface area contributed by atoms with Crippen LogP contribution in [0, 0.1) is 5.92 Å². The van der Waals surface area contributed by atoms with Crippen LogP contribution < -0.4 is 0 Å². The van der Waals surface area contributed by atoms with Crippen LogP contribution in [0.3, 0.4) is 0 Å². The molecule has 1 heterocycles. The maximum absolute atomic E-state index is 12.8. The Labute approximate surface area is 155 Å². The Morgan fingerprint density at radius 2 is 1.81 bits per heavy atom. The molecule has 1 saturated heterocycles. The topological polar surface area (TPSA) is 90.4 Å². The van der Waals surface area contributed by atoms with Crippen molar-refractivity contribution in [3.63, 3.8) is 0 Å². The van der Waals surface area contributed by atoms with Crippen LogP contribution in [0.5, 0.6) is 0 Å². The van der Waals surface area contributed by atoms with Gasteiger partial charge in [0.2, 0.25) is 12.3 Å². The van der Waals surface area contributed by atoms with Crippen LogP contribution in [0.15, 0.2) is 0 Å². The fraction of sp³-hybridized carbons (Fsp3) is 0.833. The average molecular weight is 369 g/mol. The molecule has 148 valence electrons. The van der Waals surface area contributed by atoms with Gasteiger partial charge in [-0.1, -0.05) is 25.7 Å². The molecule has 0 bridgehead atoms. The first kappa shape index (κ1) is 20.5. The first-order valence-electron chi connectivity index (χ1n) is 9.44. The summed E-state index contributed by atoms with van der Waals surface area (Å²) >= 11 is 0. The van der Waals surface area contributed by atoms with E-state index in [9.17, 15) is 19.6 Å². The van der Waals surface area contributed by atoms with E-state index < -0.39 is 17.7 Å². The molecule has 2 fully saturated rings.